The Morgan fingerprint density at radius 1 is 1.16 bits per heavy atom. The molecule has 3 N–H and O–H groups in total. The van der Waals surface area contributed by atoms with E-state index in [1.54, 1.807) is 17.8 Å². The first-order valence-corrected chi connectivity index (χ1v) is 7.81. The lowest BCUT2D eigenvalue weighted by atomic mass is 10.2. The molecule has 0 unspecified atom stereocenters. The topological polar surface area (TPSA) is 105 Å². The highest BCUT2D eigenvalue weighted by Gasteiger charge is 2.12. The molecule has 0 bridgehead atoms. The maximum atomic E-state index is 11.9. The number of rotatable bonds is 5. The Bertz CT molecular complexity index is 868. The standard InChI is InChI=1S/C17H18N6O2/c1-12-15(10-18-20-12)17(25)22-21-16(24)8-7-13-9-19-23(11-13)14-5-3-2-4-6-14/h2-6,9-11H,7-8H2,1H3,(H,18,20)(H,21,24)(H,22,25). The minimum absolute atomic E-state index is 0.241. The third-order valence-corrected chi connectivity index (χ3v) is 3.69. The van der Waals surface area contributed by atoms with E-state index in [1.807, 2.05) is 36.5 Å². The van der Waals surface area contributed by atoms with Crippen LogP contribution in [0.25, 0.3) is 5.69 Å². The van der Waals surface area contributed by atoms with Gasteiger partial charge in [0.2, 0.25) is 5.91 Å². The minimum atomic E-state index is -0.406. The Morgan fingerprint density at radius 3 is 2.68 bits per heavy atom. The highest BCUT2D eigenvalue weighted by Crippen LogP contribution is 2.09. The van der Waals surface area contributed by atoms with Crippen LogP contribution in [0.3, 0.4) is 0 Å². The molecular formula is C17H18N6O2. The molecule has 8 heteroatoms. The fourth-order valence-electron chi connectivity index (χ4n) is 2.30. The summed E-state index contributed by atoms with van der Waals surface area (Å²) in [7, 11) is 0. The number of aromatic nitrogens is 4. The number of aryl methyl sites for hydroxylation is 2. The maximum Gasteiger partial charge on any atom is 0.273 e. The van der Waals surface area contributed by atoms with E-state index in [0.717, 1.165) is 11.3 Å². The molecule has 0 spiro atoms. The first kappa shape index (κ1) is 16.4. The van der Waals surface area contributed by atoms with Crippen LogP contribution in [0.2, 0.25) is 0 Å². The maximum absolute atomic E-state index is 11.9. The van der Waals surface area contributed by atoms with Gasteiger partial charge < -0.3 is 0 Å². The number of hydrogen-bond acceptors (Lipinski definition) is 4. The smallest absolute Gasteiger partial charge is 0.273 e. The number of carbonyl (C=O) groups is 2. The van der Waals surface area contributed by atoms with Crippen LogP contribution in [-0.4, -0.2) is 31.8 Å². The molecule has 0 aliphatic carbocycles. The molecule has 8 nitrogen and oxygen atoms in total. The van der Waals surface area contributed by atoms with Crippen LogP contribution in [0, 0.1) is 6.92 Å². The van der Waals surface area contributed by atoms with Gasteiger partial charge in [-0.25, -0.2) is 4.68 Å². The molecule has 0 radical (unpaired) electrons. The summed E-state index contributed by atoms with van der Waals surface area (Å²) in [5.74, 6) is -0.682. The molecule has 0 saturated carbocycles. The Morgan fingerprint density at radius 2 is 1.96 bits per heavy atom. The fraction of sp³-hybridized carbons (Fsp3) is 0.176. The molecular weight excluding hydrogens is 320 g/mol. The number of benzene rings is 1. The third-order valence-electron chi connectivity index (χ3n) is 3.69. The molecule has 0 aliphatic rings. The number of nitrogens with zero attached hydrogens (tertiary/aromatic N) is 3. The first-order valence-electron chi connectivity index (χ1n) is 7.81. The zero-order chi connectivity index (χ0) is 17.6. The van der Waals surface area contributed by atoms with Crippen molar-refractivity contribution in [1.82, 2.24) is 30.8 Å². The highest BCUT2D eigenvalue weighted by atomic mass is 16.2. The highest BCUT2D eigenvalue weighted by molar-refractivity contribution is 5.96. The van der Waals surface area contributed by atoms with Gasteiger partial charge in [-0.15, -0.1) is 0 Å². The lowest BCUT2D eigenvalue weighted by Crippen LogP contribution is -2.41. The van der Waals surface area contributed by atoms with Crippen LogP contribution in [0.4, 0.5) is 0 Å². The molecule has 1 aromatic carbocycles. The van der Waals surface area contributed by atoms with Gasteiger partial charge >= 0.3 is 0 Å². The molecule has 2 amide bonds. The summed E-state index contributed by atoms with van der Waals surface area (Å²) >= 11 is 0. The van der Waals surface area contributed by atoms with Gasteiger partial charge in [0.05, 0.1) is 23.6 Å². The van der Waals surface area contributed by atoms with Crippen molar-refractivity contribution in [3.8, 4) is 5.69 Å². The Hall–Kier alpha value is -3.42. The molecule has 0 aliphatic heterocycles. The van der Waals surface area contributed by atoms with E-state index < -0.39 is 5.91 Å². The Kier molecular flexibility index (Phi) is 4.89. The molecule has 25 heavy (non-hydrogen) atoms. The summed E-state index contributed by atoms with van der Waals surface area (Å²) in [6.07, 6.45) is 5.79. The van der Waals surface area contributed by atoms with Crippen LogP contribution in [0.5, 0.6) is 0 Å². The number of H-pyrrole nitrogens is 1. The van der Waals surface area contributed by atoms with E-state index in [0.29, 0.717) is 17.7 Å². The molecule has 0 fully saturated rings. The first-order chi connectivity index (χ1) is 12.1. The van der Waals surface area contributed by atoms with E-state index >= 15 is 0 Å². The number of carbonyl (C=O) groups excluding carboxylic acids is 2. The van der Waals surface area contributed by atoms with Crippen molar-refractivity contribution in [3.63, 3.8) is 0 Å². The van der Waals surface area contributed by atoms with Gasteiger partial charge in [-0.05, 0) is 31.0 Å². The van der Waals surface area contributed by atoms with Crippen LogP contribution in [0.15, 0.2) is 48.9 Å². The van der Waals surface area contributed by atoms with Gasteiger partial charge in [0.1, 0.15) is 0 Å². The largest absolute Gasteiger partial charge is 0.282 e. The summed E-state index contributed by atoms with van der Waals surface area (Å²) in [5.41, 5.74) is 7.70. The van der Waals surface area contributed by atoms with Crippen molar-refractivity contribution in [3.05, 3.63) is 65.7 Å². The summed E-state index contributed by atoms with van der Waals surface area (Å²) in [5, 5.41) is 10.7. The summed E-state index contributed by atoms with van der Waals surface area (Å²) in [6, 6.07) is 9.73. The number of aromatic amines is 1. The van der Waals surface area contributed by atoms with Gasteiger partial charge in [0.15, 0.2) is 0 Å². The average molecular weight is 338 g/mol. The number of hydrazine groups is 1. The van der Waals surface area contributed by atoms with Crippen LogP contribution < -0.4 is 10.9 Å². The van der Waals surface area contributed by atoms with E-state index in [9.17, 15) is 9.59 Å². The SMILES string of the molecule is Cc1[nH]ncc1C(=O)NNC(=O)CCc1cnn(-c2ccccc2)c1. The molecule has 3 aromatic rings. The van der Waals surface area contributed by atoms with Crippen LogP contribution in [0.1, 0.15) is 28.0 Å². The summed E-state index contributed by atoms with van der Waals surface area (Å²) in [6.45, 7) is 1.73. The van der Waals surface area contributed by atoms with Gasteiger partial charge in [0, 0.05) is 18.3 Å². The minimum Gasteiger partial charge on any atom is -0.282 e. The molecule has 2 heterocycles. The second-order valence-corrected chi connectivity index (χ2v) is 5.54. The number of hydrogen-bond donors (Lipinski definition) is 3. The zero-order valence-corrected chi connectivity index (χ0v) is 13.7. The monoisotopic (exact) mass is 338 g/mol. The fourth-order valence-corrected chi connectivity index (χ4v) is 2.30. The van der Waals surface area contributed by atoms with Crippen molar-refractivity contribution in [2.45, 2.75) is 19.8 Å². The Balaban J connectivity index is 1.47. The van der Waals surface area contributed by atoms with Crippen LogP contribution >= 0.6 is 0 Å². The number of amides is 2. The predicted molar refractivity (Wildman–Crippen MR) is 90.8 cm³/mol. The molecule has 128 valence electrons. The predicted octanol–water partition coefficient (Wildman–Crippen LogP) is 1.30. The average Bonchev–Trinajstić information content (AvgIpc) is 3.27. The van der Waals surface area contributed by atoms with E-state index in [-0.39, 0.29) is 12.3 Å². The molecule has 0 saturated heterocycles. The number of para-hydroxylation sites is 1. The zero-order valence-electron chi connectivity index (χ0n) is 13.7. The number of nitrogens with one attached hydrogen (secondary N) is 3. The second-order valence-electron chi connectivity index (χ2n) is 5.54. The van der Waals surface area contributed by atoms with Gasteiger partial charge in [-0.3, -0.25) is 25.5 Å². The van der Waals surface area contributed by atoms with Crippen LogP contribution in [-0.2, 0) is 11.2 Å². The van der Waals surface area contributed by atoms with Gasteiger partial charge in [0.25, 0.3) is 5.91 Å². The summed E-state index contributed by atoms with van der Waals surface area (Å²) in [4.78, 5) is 23.7. The van der Waals surface area contributed by atoms with Crippen molar-refractivity contribution >= 4 is 11.8 Å². The van der Waals surface area contributed by atoms with Gasteiger partial charge in [-0.2, -0.15) is 10.2 Å². The summed E-state index contributed by atoms with van der Waals surface area (Å²) < 4.78 is 1.76. The lowest BCUT2D eigenvalue weighted by molar-refractivity contribution is -0.121. The van der Waals surface area contributed by atoms with Gasteiger partial charge in [-0.1, -0.05) is 18.2 Å². The third kappa shape index (κ3) is 4.11. The van der Waals surface area contributed by atoms with Crippen molar-refractivity contribution in [2.75, 3.05) is 0 Å². The molecule has 3 rings (SSSR count). The lowest BCUT2D eigenvalue weighted by Gasteiger charge is -2.06. The quantitative estimate of drug-likeness (QED) is 0.610. The van der Waals surface area contributed by atoms with Crippen molar-refractivity contribution in [1.29, 1.82) is 0 Å². The van der Waals surface area contributed by atoms with E-state index in [2.05, 4.69) is 26.1 Å². The van der Waals surface area contributed by atoms with E-state index in [1.165, 1.54) is 6.20 Å². The Labute approximate surface area is 144 Å². The normalized spacial score (nSPS) is 10.4. The van der Waals surface area contributed by atoms with Crippen molar-refractivity contribution in [2.24, 2.45) is 0 Å². The molecule has 0 atom stereocenters. The van der Waals surface area contributed by atoms with Crippen molar-refractivity contribution < 1.29 is 9.59 Å². The van der Waals surface area contributed by atoms with E-state index in [4.69, 9.17) is 0 Å². The molecule has 2 aromatic heterocycles. The second kappa shape index (κ2) is 7.43.